The number of aromatic amines is 1. The Morgan fingerprint density at radius 1 is 1.03 bits per heavy atom. The van der Waals surface area contributed by atoms with Crippen LogP contribution in [0.15, 0.2) is 55.9 Å². The van der Waals surface area contributed by atoms with Gasteiger partial charge in [-0.1, -0.05) is 13.2 Å². The van der Waals surface area contributed by atoms with Gasteiger partial charge in [0, 0.05) is 43.6 Å². The van der Waals surface area contributed by atoms with E-state index in [0.29, 0.717) is 33.8 Å². The highest BCUT2D eigenvalue weighted by molar-refractivity contribution is 5.95. The van der Waals surface area contributed by atoms with Gasteiger partial charge in [0.1, 0.15) is 11.4 Å². The van der Waals surface area contributed by atoms with Gasteiger partial charge in [-0.15, -0.1) is 0 Å². The van der Waals surface area contributed by atoms with E-state index in [1.165, 1.54) is 0 Å². The highest BCUT2D eigenvalue weighted by atomic mass is 19.1. The third-order valence-electron chi connectivity index (χ3n) is 7.54. The molecule has 2 fully saturated rings. The van der Waals surface area contributed by atoms with Gasteiger partial charge in [-0.05, 0) is 44.4 Å². The Hall–Kier alpha value is -4.31. The average Bonchev–Trinajstić information content (AvgIpc) is 3.70. The first kappa shape index (κ1) is 25.0. The van der Waals surface area contributed by atoms with Crippen LogP contribution in [0.2, 0.25) is 0 Å². The summed E-state index contributed by atoms with van der Waals surface area (Å²) in [6.07, 6.45) is 10.8. The van der Waals surface area contributed by atoms with Gasteiger partial charge in [-0.25, -0.2) is 4.39 Å². The summed E-state index contributed by atoms with van der Waals surface area (Å²) in [5.74, 6) is 0.00756. The van der Waals surface area contributed by atoms with E-state index in [0.717, 1.165) is 67.3 Å². The molecule has 6 rings (SSSR count). The molecular weight excluding hydrogens is 493 g/mol. The smallest absolute Gasteiger partial charge is 0.161 e. The van der Waals surface area contributed by atoms with Crippen molar-refractivity contribution in [3.8, 4) is 11.3 Å². The number of allylic oxidation sites excluding steroid dienone is 1. The topological polar surface area (TPSA) is 97.9 Å². The zero-order valence-electron chi connectivity index (χ0n) is 22.3. The highest BCUT2D eigenvalue weighted by Gasteiger charge is 2.25. The van der Waals surface area contributed by atoms with E-state index < -0.39 is 5.82 Å². The molecule has 0 atom stereocenters. The number of aromatic nitrogens is 5. The maximum atomic E-state index is 16.0. The van der Waals surface area contributed by atoms with Gasteiger partial charge in [0.05, 0.1) is 58.4 Å². The molecule has 1 aliphatic carbocycles. The van der Waals surface area contributed by atoms with Crippen LogP contribution in [0.3, 0.4) is 0 Å². The van der Waals surface area contributed by atoms with Crippen LogP contribution in [0.25, 0.3) is 27.9 Å². The number of pyridine rings is 3. The van der Waals surface area contributed by atoms with Crippen molar-refractivity contribution in [3.63, 3.8) is 0 Å². The van der Waals surface area contributed by atoms with Crippen LogP contribution in [0.5, 0.6) is 0 Å². The van der Waals surface area contributed by atoms with Crippen molar-refractivity contribution in [1.82, 2.24) is 30.0 Å². The fraction of sp³-hybridized carbons (Fsp3) is 0.310. The maximum absolute atomic E-state index is 16.0. The zero-order valence-corrected chi connectivity index (χ0v) is 22.3. The molecule has 0 radical (unpaired) electrons. The monoisotopic (exact) mass is 525 g/mol. The van der Waals surface area contributed by atoms with Crippen molar-refractivity contribution < 1.29 is 4.39 Å². The molecule has 3 N–H and O–H groups in total. The van der Waals surface area contributed by atoms with Crippen LogP contribution in [-0.2, 0) is 0 Å². The van der Waals surface area contributed by atoms with Gasteiger partial charge >= 0.3 is 0 Å². The van der Waals surface area contributed by atoms with E-state index in [9.17, 15) is 0 Å². The number of rotatable bonds is 8. The molecule has 0 aromatic carbocycles. The van der Waals surface area contributed by atoms with Crippen LogP contribution >= 0.6 is 0 Å². The summed E-state index contributed by atoms with van der Waals surface area (Å²) in [6.45, 7) is 14.2. The lowest BCUT2D eigenvalue weighted by Crippen LogP contribution is -2.44. The van der Waals surface area contributed by atoms with Crippen molar-refractivity contribution in [2.75, 3.05) is 48.8 Å². The molecule has 200 valence electrons. The first-order chi connectivity index (χ1) is 18.9. The van der Waals surface area contributed by atoms with Gasteiger partial charge in [0.25, 0.3) is 0 Å². The highest BCUT2D eigenvalue weighted by Crippen LogP contribution is 2.37. The van der Waals surface area contributed by atoms with Crippen LogP contribution in [0, 0.1) is 18.7 Å². The second kappa shape index (κ2) is 10.1. The molecule has 9 nitrogen and oxygen atoms in total. The fourth-order valence-corrected chi connectivity index (χ4v) is 4.98. The van der Waals surface area contributed by atoms with Gasteiger partial charge in [-0.2, -0.15) is 5.10 Å². The Balaban J connectivity index is 1.28. The first-order valence-electron chi connectivity index (χ1n) is 13.2. The number of likely N-dealkylation sites (N-methyl/N-ethyl adjacent to an activating group) is 1. The lowest BCUT2D eigenvalue weighted by atomic mass is 10.1. The van der Waals surface area contributed by atoms with E-state index >= 15 is 4.39 Å². The standard InChI is InChI=1S/C29H32FN9/c1-17-23(14-32-16-25(17)39-9-7-38(4)8-10-39)35-19(3)28-26-24(36-37-28)15-33-29(27(26)30)21-11-22(13-31-12-21)34-18(2)20-5-6-20/h11-16,20,34-35H,2-3,5-10H2,1,4H3,(H,36,37). The van der Waals surface area contributed by atoms with Gasteiger partial charge in [0.15, 0.2) is 5.82 Å². The Labute approximate surface area is 226 Å². The number of hydrogen-bond acceptors (Lipinski definition) is 8. The molecule has 0 amide bonds. The second-order valence-electron chi connectivity index (χ2n) is 10.4. The van der Waals surface area contributed by atoms with E-state index in [1.54, 1.807) is 24.8 Å². The summed E-state index contributed by atoms with van der Waals surface area (Å²) in [6, 6.07) is 1.84. The molecule has 4 aromatic rings. The van der Waals surface area contributed by atoms with Crippen molar-refractivity contribution >= 4 is 33.7 Å². The van der Waals surface area contributed by atoms with Crippen LogP contribution in [0.4, 0.5) is 21.5 Å². The van der Waals surface area contributed by atoms with E-state index in [2.05, 4.69) is 72.7 Å². The average molecular weight is 526 g/mol. The summed E-state index contributed by atoms with van der Waals surface area (Å²) in [4.78, 5) is 17.8. The minimum atomic E-state index is -0.486. The molecule has 1 saturated heterocycles. The van der Waals surface area contributed by atoms with Crippen molar-refractivity contribution in [1.29, 1.82) is 0 Å². The minimum absolute atomic E-state index is 0.195. The van der Waals surface area contributed by atoms with Gasteiger partial charge in [-0.3, -0.25) is 20.1 Å². The Bertz CT molecular complexity index is 1560. The van der Waals surface area contributed by atoms with E-state index in [-0.39, 0.29) is 5.69 Å². The summed E-state index contributed by atoms with van der Waals surface area (Å²) < 4.78 is 16.0. The van der Waals surface area contributed by atoms with Crippen LogP contribution in [-0.4, -0.2) is 63.3 Å². The van der Waals surface area contributed by atoms with Crippen molar-refractivity contribution in [2.24, 2.45) is 5.92 Å². The number of piperazine rings is 1. The summed E-state index contributed by atoms with van der Waals surface area (Å²) in [7, 11) is 2.13. The number of anilines is 3. The number of halogens is 1. The first-order valence-corrected chi connectivity index (χ1v) is 13.2. The largest absolute Gasteiger partial charge is 0.367 e. The third kappa shape index (κ3) is 4.95. The van der Waals surface area contributed by atoms with Crippen LogP contribution in [0.1, 0.15) is 24.1 Å². The molecule has 4 aromatic heterocycles. The number of fused-ring (bicyclic) bond motifs is 1. The minimum Gasteiger partial charge on any atom is -0.367 e. The molecule has 1 saturated carbocycles. The molecule has 5 heterocycles. The fourth-order valence-electron chi connectivity index (χ4n) is 4.98. The molecular formula is C29H32FN9. The second-order valence-corrected chi connectivity index (χ2v) is 10.4. The lowest BCUT2D eigenvalue weighted by Gasteiger charge is -2.35. The molecule has 1 aliphatic heterocycles. The predicted molar refractivity (Wildman–Crippen MR) is 154 cm³/mol. The molecule has 0 unspecified atom stereocenters. The third-order valence-corrected chi connectivity index (χ3v) is 7.54. The van der Waals surface area contributed by atoms with Crippen LogP contribution < -0.4 is 15.5 Å². The van der Waals surface area contributed by atoms with Crippen molar-refractivity contribution in [3.05, 3.63) is 73.0 Å². The van der Waals surface area contributed by atoms with E-state index in [1.807, 2.05) is 12.3 Å². The quantitative estimate of drug-likeness (QED) is 0.295. The zero-order chi connectivity index (χ0) is 27.1. The Morgan fingerprint density at radius 3 is 2.56 bits per heavy atom. The lowest BCUT2D eigenvalue weighted by molar-refractivity contribution is 0.312. The van der Waals surface area contributed by atoms with Crippen molar-refractivity contribution in [2.45, 2.75) is 19.8 Å². The SMILES string of the molecule is C=C(Nc1cncc(N2CCN(C)CC2)c1C)c1n[nH]c2cnc(-c3cncc(NC(=C)C4CC4)c3)c(F)c12. The maximum Gasteiger partial charge on any atom is 0.161 e. The summed E-state index contributed by atoms with van der Waals surface area (Å²) >= 11 is 0. The number of H-pyrrole nitrogens is 1. The molecule has 0 bridgehead atoms. The summed E-state index contributed by atoms with van der Waals surface area (Å²) in [5, 5.41) is 14.2. The van der Waals surface area contributed by atoms with E-state index in [4.69, 9.17) is 0 Å². The Kier molecular flexibility index (Phi) is 6.48. The van der Waals surface area contributed by atoms with Gasteiger partial charge in [0.2, 0.25) is 0 Å². The molecule has 2 aliphatic rings. The number of nitrogens with zero attached hydrogens (tertiary/aromatic N) is 6. The Morgan fingerprint density at radius 2 is 1.79 bits per heavy atom. The number of hydrogen-bond donors (Lipinski definition) is 3. The number of nitrogens with one attached hydrogen (secondary N) is 3. The molecule has 0 spiro atoms. The molecule has 10 heteroatoms. The normalized spacial score (nSPS) is 15.9. The molecule has 39 heavy (non-hydrogen) atoms. The van der Waals surface area contributed by atoms with Gasteiger partial charge < -0.3 is 20.4 Å². The predicted octanol–water partition coefficient (Wildman–Crippen LogP) is 5.03. The summed E-state index contributed by atoms with van der Waals surface area (Å²) in [5.41, 5.74) is 6.76.